The normalized spacial score (nSPS) is 14.5. The van der Waals surface area contributed by atoms with Crippen molar-refractivity contribution >= 4 is 51.8 Å². The lowest BCUT2D eigenvalue weighted by Crippen LogP contribution is -2.49. The highest BCUT2D eigenvalue weighted by molar-refractivity contribution is 7.80. The van der Waals surface area contributed by atoms with E-state index < -0.39 is 5.60 Å². The van der Waals surface area contributed by atoms with Crippen molar-refractivity contribution < 1.29 is 9.53 Å². The van der Waals surface area contributed by atoms with E-state index in [2.05, 4.69) is 20.9 Å². The Balaban J connectivity index is 1.30. The highest BCUT2D eigenvalue weighted by Gasteiger charge is 2.25. The van der Waals surface area contributed by atoms with Crippen LogP contribution >= 0.6 is 35.2 Å². The Morgan fingerprint density at radius 3 is 2.57 bits per heavy atom. The monoisotopic (exact) mass is 557 g/mol. The number of hydrogen-bond acceptors (Lipinski definition) is 8. The van der Waals surface area contributed by atoms with Crippen LogP contribution in [0.2, 0.25) is 4.34 Å². The molecule has 3 aromatic rings. The molecule has 0 aromatic carbocycles. The summed E-state index contributed by atoms with van der Waals surface area (Å²) in [6.07, 6.45) is 4.52. The Kier molecular flexibility index (Phi) is 8.79. The van der Waals surface area contributed by atoms with Crippen molar-refractivity contribution in [3.05, 3.63) is 63.2 Å². The summed E-state index contributed by atoms with van der Waals surface area (Å²) in [6, 6.07) is 7.94. The number of rotatable bonds is 7. The molecule has 0 atom stereocenters. The number of aromatic nitrogens is 2. The van der Waals surface area contributed by atoms with Crippen molar-refractivity contribution in [1.29, 1.82) is 0 Å². The summed E-state index contributed by atoms with van der Waals surface area (Å²) in [5.74, 6) is 0. The van der Waals surface area contributed by atoms with E-state index in [4.69, 9.17) is 34.3 Å². The van der Waals surface area contributed by atoms with Gasteiger partial charge in [-0.25, -0.2) is 4.79 Å². The molecule has 1 fully saturated rings. The van der Waals surface area contributed by atoms with Crippen molar-refractivity contribution in [2.45, 2.75) is 45.8 Å². The van der Waals surface area contributed by atoms with Crippen LogP contribution in [0.5, 0.6) is 0 Å². The summed E-state index contributed by atoms with van der Waals surface area (Å²) in [7, 11) is 0. The number of nitrogens with zero attached hydrogens (tertiary/aromatic N) is 4. The molecule has 196 valence electrons. The third-order valence-electron chi connectivity index (χ3n) is 5.99. The molecule has 0 bridgehead atoms. The zero-order chi connectivity index (χ0) is 26.6. The van der Waals surface area contributed by atoms with Crippen LogP contribution in [-0.4, -0.2) is 62.5 Å². The molecule has 1 amide bonds. The van der Waals surface area contributed by atoms with Gasteiger partial charge in [0.1, 0.15) is 9.94 Å². The van der Waals surface area contributed by atoms with Crippen molar-refractivity contribution in [1.82, 2.24) is 19.8 Å². The fourth-order valence-corrected chi connectivity index (χ4v) is 5.39. The van der Waals surface area contributed by atoms with E-state index in [0.717, 1.165) is 47.0 Å². The summed E-state index contributed by atoms with van der Waals surface area (Å²) in [6.45, 7) is 9.37. The largest absolute Gasteiger partial charge is 0.444 e. The first-order valence-corrected chi connectivity index (χ1v) is 13.9. The van der Waals surface area contributed by atoms with Gasteiger partial charge >= 0.3 is 6.09 Å². The van der Waals surface area contributed by atoms with Crippen LogP contribution in [0.3, 0.4) is 0 Å². The van der Waals surface area contributed by atoms with Crippen LogP contribution < -0.4 is 5.73 Å². The second-order valence-corrected chi connectivity index (χ2v) is 12.3. The number of ether oxygens (including phenoxy) is 1. The number of hydrogen-bond donors (Lipinski definition) is 1. The number of amides is 1. The molecule has 1 aliphatic heterocycles. The van der Waals surface area contributed by atoms with E-state index in [9.17, 15) is 4.79 Å². The molecule has 0 aliphatic carbocycles. The summed E-state index contributed by atoms with van der Waals surface area (Å²) >= 11 is 13.4. The molecular formula is C27H32ClN5O2S2. The maximum absolute atomic E-state index is 12.3. The summed E-state index contributed by atoms with van der Waals surface area (Å²) in [4.78, 5) is 26.4. The molecule has 10 heteroatoms. The number of thiophene rings is 1. The number of nitrogens with two attached hydrogens (primary N) is 1. The fraction of sp³-hybridized carbons (Fsp3) is 0.407. The average molecular weight is 558 g/mol. The fourth-order valence-electron chi connectivity index (χ4n) is 4.14. The smallest absolute Gasteiger partial charge is 0.410 e. The number of halogens is 1. The summed E-state index contributed by atoms with van der Waals surface area (Å²) in [5.41, 5.74) is 11.2. The molecule has 0 saturated carbocycles. The van der Waals surface area contributed by atoms with Crippen molar-refractivity contribution in [3.8, 4) is 11.3 Å². The first-order chi connectivity index (χ1) is 17.6. The average Bonchev–Trinajstić information content (AvgIpc) is 3.26. The molecule has 37 heavy (non-hydrogen) atoms. The van der Waals surface area contributed by atoms with Gasteiger partial charge in [-0.3, -0.25) is 14.9 Å². The second-order valence-electron chi connectivity index (χ2n) is 10.2. The Hall–Kier alpha value is -2.59. The van der Waals surface area contributed by atoms with Gasteiger partial charge in [0.05, 0.1) is 5.69 Å². The minimum absolute atomic E-state index is 0.243. The molecule has 2 N–H and O–H groups in total. The number of pyridine rings is 2. The number of thiocarbonyl (C=S) groups is 1. The van der Waals surface area contributed by atoms with Crippen LogP contribution in [0.1, 0.15) is 37.6 Å². The molecule has 7 nitrogen and oxygen atoms in total. The van der Waals surface area contributed by atoms with E-state index in [1.54, 1.807) is 11.1 Å². The van der Waals surface area contributed by atoms with Gasteiger partial charge in [0.2, 0.25) is 0 Å². The van der Waals surface area contributed by atoms with E-state index in [1.165, 1.54) is 16.9 Å². The Morgan fingerprint density at radius 1 is 1.16 bits per heavy atom. The third-order valence-corrected chi connectivity index (χ3v) is 7.45. The second kappa shape index (κ2) is 11.9. The molecular weight excluding hydrogens is 526 g/mol. The Morgan fingerprint density at radius 2 is 1.92 bits per heavy atom. The zero-order valence-corrected chi connectivity index (χ0v) is 23.8. The molecule has 0 unspecified atom stereocenters. The lowest BCUT2D eigenvalue weighted by molar-refractivity contribution is 0.0139. The van der Waals surface area contributed by atoms with Gasteiger partial charge in [-0.1, -0.05) is 23.8 Å². The standard InChI is InChI=1S/C27H32ClN5O2S2/c1-27(2,3)35-26(34)33-9-7-32(8-10-33)17-18-4-6-30-20(12-18)14-21(36)13-19-16-31-24(15-23(19)29)22-5-11-37-25(22)28/h4-6,11-12,15-16H,7-10,13-14,17H2,1-3H3,(H2,29,31). The Bertz CT molecular complexity index is 1270. The number of carbonyl (C=O) groups is 1. The molecule has 3 aromatic heterocycles. The van der Waals surface area contributed by atoms with Crippen LogP contribution in [0.15, 0.2) is 42.0 Å². The van der Waals surface area contributed by atoms with Crippen LogP contribution in [0.4, 0.5) is 10.5 Å². The van der Waals surface area contributed by atoms with Crippen LogP contribution in [-0.2, 0) is 24.1 Å². The number of piperazine rings is 1. The van der Waals surface area contributed by atoms with Gasteiger partial charge in [-0.2, -0.15) is 0 Å². The van der Waals surface area contributed by atoms with E-state index in [-0.39, 0.29) is 6.09 Å². The maximum atomic E-state index is 12.3. The first-order valence-electron chi connectivity index (χ1n) is 12.2. The van der Waals surface area contributed by atoms with E-state index in [1.807, 2.05) is 50.5 Å². The Labute approximate surface area is 232 Å². The van der Waals surface area contributed by atoms with Gasteiger partial charge in [-0.05, 0) is 61.5 Å². The van der Waals surface area contributed by atoms with Crippen molar-refractivity contribution in [2.75, 3.05) is 31.9 Å². The summed E-state index contributed by atoms with van der Waals surface area (Å²) < 4.78 is 6.19. The highest BCUT2D eigenvalue weighted by atomic mass is 35.5. The topological polar surface area (TPSA) is 84.6 Å². The molecule has 4 heterocycles. The summed E-state index contributed by atoms with van der Waals surface area (Å²) in [5, 5.41) is 1.93. The van der Waals surface area contributed by atoms with Gasteiger partial charge in [-0.15, -0.1) is 11.3 Å². The highest BCUT2D eigenvalue weighted by Crippen LogP contribution is 2.32. The predicted octanol–water partition coefficient (Wildman–Crippen LogP) is 5.65. The third kappa shape index (κ3) is 7.70. The molecule has 1 aliphatic rings. The van der Waals surface area contributed by atoms with Crippen molar-refractivity contribution in [3.63, 3.8) is 0 Å². The molecule has 0 radical (unpaired) electrons. The quantitative estimate of drug-likeness (QED) is 0.376. The SMILES string of the molecule is CC(C)(C)OC(=O)N1CCN(Cc2ccnc(CC(=S)Cc3cnc(-c4ccsc4Cl)cc3N)c2)CC1. The predicted molar refractivity (Wildman–Crippen MR) is 154 cm³/mol. The first kappa shape index (κ1) is 27.4. The lowest BCUT2D eigenvalue weighted by Gasteiger charge is -2.35. The minimum Gasteiger partial charge on any atom is -0.444 e. The van der Waals surface area contributed by atoms with Crippen LogP contribution in [0, 0.1) is 0 Å². The van der Waals surface area contributed by atoms with Crippen molar-refractivity contribution in [2.24, 2.45) is 0 Å². The van der Waals surface area contributed by atoms with Crippen LogP contribution in [0.25, 0.3) is 11.3 Å². The molecule has 4 rings (SSSR count). The van der Waals surface area contributed by atoms with Gasteiger partial charge in [0, 0.05) is 79.8 Å². The number of anilines is 1. The van der Waals surface area contributed by atoms with Gasteiger partial charge < -0.3 is 15.4 Å². The minimum atomic E-state index is -0.480. The molecule has 0 spiro atoms. The van der Waals surface area contributed by atoms with E-state index >= 15 is 0 Å². The van der Waals surface area contributed by atoms with E-state index in [0.29, 0.717) is 36.0 Å². The van der Waals surface area contributed by atoms with Gasteiger partial charge in [0.25, 0.3) is 0 Å². The zero-order valence-electron chi connectivity index (χ0n) is 21.4. The molecule has 1 saturated heterocycles. The maximum Gasteiger partial charge on any atom is 0.410 e. The number of carbonyl (C=O) groups excluding carboxylic acids is 1. The number of nitrogen functional groups attached to an aromatic ring is 1. The lowest BCUT2D eigenvalue weighted by atomic mass is 10.0. The van der Waals surface area contributed by atoms with Gasteiger partial charge in [0.15, 0.2) is 0 Å².